The van der Waals surface area contributed by atoms with Crippen LogP contribution in [-0.4, -0.2) is 12.5 Å². The third-order valence-corrected chi connectivity index (χ3v) is 2.24. The zero-order valence-electron chi connectivity index (χ0n) is 6.90. The van der Waals surface area contributed by atoms with Gasteiger partial charge in [0.2, 0.25) is 0 Å². The van der Waals surface area contributed by atoms with Gasteiger partial charge in [-0.2, -0.15) is 0 Å². The van der Waals surface area contributed by atoms with Gasteiger partial charge in [0.1, 0.15) is 5.75 Å². The molecule has 72 valence electrons. The maximum absolute atomic E-state index is 5.86. The van der Waals surface area contributed by atoms with Gasteiger partial charge in [-0.3, -0.25) is 0 Å². The number of halogens is 3. The molecule has 0 saturated carbocycles. The van der Waals surface area contributed by atoms with Crippen LogP contribution in [-0.2, 0) is 0 Å². The van der Waals surface area contributed by atoms with Crippen molar-refractivity contribution in [3.63, 3.8) is 0 Å². The van der Waals surface area contributed by atoms with Crippen LogP contribution in [0.3, 0.4) is 0 Å². The molecule has 0 fully saturated rings. The van der Waals surface area contributed by atoms with E-state index in [1.165, 1.54) is 0 Å². The Kier molecular flexibility index (Phi) is 4.71. The van der Waals surface area contributed by atoms with Gasteiger partial charge in [-0.15, -0.1) is 11.6 Å². The molecular weight excluding hydrogens is 230 g/mol. The molecular formula is C9H9Cl3O. The highest BCUT2D eigenvalue weighted by molar-refractivity contribution is 6.34. The standard InChI is InChI=1S/C9H9Cl3O/c10-4-1-5-13-9-6-7(11)2-3-8(9)12/h2-3,6H,1,4-5H2. The molecule has 0 aliphatic rings. The molecule has 0 heterocycles. The van der Waals surface area contributed by atoms with Crippen LogP contribution in [0.4, 0.5) is 0 Å². The summed E-state index contributed by atoms with van der Waals surface area (Å²) in [5.74, 6) is 1.19. The van der Waals surface area contributed by atoms with Crippen molar-refractivity contribution in [3.05, 3.63) is 28.2 Å². The van der Waals surface area contributed by atoms with Crippen LogP contribution >= 0.6 is 34.8 Å². The SMILES string of the molecule is ClCCCOc1cc(Cl)ccc1Cl. The fraction of sp³-hybridized carbons (Fsp3) is 0.333. The molecule has 0 N–H and O–H groups in total. The predicted octanol–water partition coefficient (Wildman–Crippen LogP) is 4.00. The summed E-state index contributed by atoms with van der Waals surface area (Å²) in [4.78, 5) is 0. The third kappa shape index (κ3) is 3.63. The summed E-state index contributed by atoms with van der Waals surface area (Å²) in [7, 11) is 0. The van der Waals surface area contributed by atoms with Crippen molar-refractivity contribution in [1.82, 2.24) is 0 Å². The molecule has 0 bridgehead atoms. The average Bonchev–Trinajstić information content (AvgIpc) is 2.11. The number of hydrogen-bond donors (Lipinski definition) is 0. The van der Waals surface area contributed by atoms with Crippen molar-refractivity contribution in [2.45, 2.75) is 6.42 Å². The van der Waals surface area contributed by atoms with E-state index in [0.717, 1.165) is 6.42 Å². The van der Waals surface area contributed by atoms with E-state index >= 15 is 0 Å². The van der Waals surface area contributed by atoms with Gasteiger partial charge in [0, 0.05) is 17.0 Å². The van der Waals surface area contributed by atoms with Crippen molar-refractivity contribution >= 4 is 34.8 Å². The molecule has 0 unspecified atom stereocenters. The normalized spacial score (nSPS) is 10.1. The van der Waals surface area contributed by atoms with E-state index in [9.17, 15) is 0 Å². The maximum atomic E-state index is 5.86. The molecule has 0 amide bonds. The fourth-order valence-corrected chi connectivity index (χ4v) is 1.27. The minimum absolute atomic E-state index is 0.559. The van der Waals surface area contributed by atoms with Crippen molar-refractivity contribution in [3.8, 4) is 5.75 Å². The van der Waals surface area contributed by atoms with Crippen LogP contribution < -0.4 is 4.74 Å². The van der Waals surface area contributed by atoms with Crippen LogP contribution in [0.15, 0.2) is 18.2 Å². The van der Waals surface area contributed by atoms with Crippen molar-refractivity contribution in [2.75, 3.05) is 12.5 Å². The minimum atomic E-state index is 0.559. The number of benzene rings is 1. The van der Waals surface area contributed by atoms with Crippen LogP contribution in [0, 0.1) is 0 Å². The lowest BCUT2D eigenvalue weighted by atomic mass is 10.3. The van der Waals surface area contributed by atoms with E-state index in [-0.39, 0.29) is 0 Å². The molecule has 0 spiro atoms. The van der Waals surface area contributed by atoms with E-state index < -0.39 is 0 Å². The molecule has 0 atom stereocenters. The molecule has 1 aromatic rings. The first-order chi connectivity index (χ1) is 6.24. The highest BCUT2D eigenvalue weighted by Crippen LogP contribution is 2.27. The monoisotopic (exact) mass is 238 g/mol. The van der Waals surface area contributed by atoms with Crippen LogP contribution in [0.5, 0.6) is 5.75 Å². The second kappa shape index (κ2) is 5.58. The van der Waals surface area contributed by atoms with Gasteiger partial charge >= 0.3 is 0 Å². The van der Waals surface area contributed by atoms with E-state index in [4.69, 9.17) is 39.5 Å². The maximum Gasteiger partial charge on any atom is 0.139 e. The molecule has 0 saturated heterocycles. The molecule has 13 heavy (non-hydrogen) atoms. The van der Waals surface area contributed by atoms with Crippen LogP contribution in [0.2, 0.25) is 10.0 Å². The summed E-state index contributed by atoms with van der Waals surface area (Å²) >= 11 is 17.1. The molecule has 4 heteroatoms. The third-order valence-electron chi connectivity index (χ3n) is 1.43. The summed E-state index contributed by atoms with van der Waals surface area (Å²) < 4.78 is 5.36. The lowest BCUT2D eigenvalue weighted by Crippen LogP contribution is -1.98. The predicted molar refractivity (Wildman–Crippen MR) is 57.3 cm³/mol. The number of alkyl halides is 1. The Balaban J connectivity index is 2.59. The summed E-state index contributed by atoms with van der Waals surface area (Å²) in [5.41, 5.74) is 0. The van der Waals surface area contributed by atoms with Gasteiger partial charge in [-0.1, -0.05) is 23.2 Å². The van der Waals surface area contributed by atoms with Crippen LogP contribution in [0.25, 0.3) is 0 Å². The Labute approximate surface area is 92.5 Å². The second-order valence-corrected chi connectivity index (χ2v) is 3.69. The Hall–Kier alpha value is -0.110. The van der Waals surface area contributed by atoms with Crippen molar-refractivity contribution in [2.24, 2.45) is 0 Å². The minimum Gasteiger partial charge on any atom is -0.492 e. The van der Waals surface area contributed by atoms with Gasteiger partial charge in [0.05, 0.1) is 11.6 Å². The first kappa shape index (κ1) is 11.0. The lowest BCUT2D eigenvalue weighted by Gasteiger charge is -2.06. The molecule has 1 nitrogen and oxygen atoms in total. The van der Waals surface area contributed by atoms with Crippen molar-refractivity contribution in [1.29, 1.82) is 0 Å². The van der Waals surface area contributed by atoms with E-state index in [0.29, 0.717) is 28.3 Å². The molecule has 1 rings (SSSR count). The summed E-state index contributed by atoms with van der Waals surface area (Å²) in [6.45, 7) is 0.559. The zero-order valence-corrected chi connectivity index (χ0v) is 9.16. The quantitative estimate of drug-likeness (QED) is 0.570. The van der Waals surface area contributed by atoms with E-state index in [1.54, 1.807) is 18.2 Å². The fourth-order valence-electron chi connectivity index (χ4n) is 0.824. The Bertz CT molecular complexity index is 276. The Morgan fingerprint density at radius 3 is 2.69 bits per heavy atom. The second-order valence-electron chi connectivity index (χ2n) is 2.47. The number of rotatable bonds is 4. The smallest absolute Gasteiger partial charge is 0.139 e. The number of hydrogen-bond acceptors (Lipinski definition) is 1. The summed E-state index contributed by atoms with van der Waals surface area (Å²) in [6, 6.07) is 5.12. The van der Waals surface area contributed by atoms with E-state index in [2.05, 4.69) is 0 Å². The van der Waals surface area contributed by atoms with Crippen molar-refractivity contribution < 1.29 is 4.74 Å². The first-order valence-electron chi connectivity index (χ1n) is 3.88. The molecule has 0 radical (unpaired) electrons. The first-order valence-corrected chi connectivity index (χ1v) is 5.17. The molecule has 0 aliphatic carbocycles. The molecule has 0 aliphatic heterocycles. The van der Waals surface area contributed by atoms with Gasteiger partial charge < -0.3 is 4.74 Å². The van der Waals surface area contributed by atoms with Gasteiger partial charge in [0.25, 0.3) is 0 Å². The largest absolute Gasteiger partial charge is 0.492 e. The highest BCUT2D eigenvalue weighted by Gasteiger charge is 2.01. The van der Waals surface area contributed by atoms with Gasteiger partial charge in [0.15, 0.2) is 0 Å². The lowest BCUT2D eigenvalue weighted by molar-refractivity contribution is 0.318. The molecule has 1 aromatic carbocycles. The Morgan fingerprint density at radius 2 is 2.00 bits per heavy atom. The topological polar surface area (TPSA) is 9.23 Å². The number of ether oxygens (including phenoxy) is 1. The van der Waals surface area contributed by atoms with Crippen LogP contribution in [0.1, 0.15) is 6.42 Å². The van der Waals surface area contributed by atoms with E-state index in [1.807, 2.05) is 0 Å². The average molecular weight is 240 g/mol. The highest BCUT2D eigenvalue weighted by atomic mass is 35.5. The Morgan fingerprint density at radius 1 is 1.23 bits per heavy atom. The zero-order chi connectivity index (χ0) is 9.68. The molecule has 0 aromatic heterocycles. The summed E-state index contributed by atoms with van der Waals surface area (Å²) in [5, 5.41) is 1.18. The van der Waals surface area contributed by atoms with Gasteiger partial charge in [-0.25, -0.2) is 0 Å². The summed E-state index contributed by atoms with van der Waals surface area (Å²) in [6.07, 6.45) is 0.796. The van der Waals surface area contributed by atoms with Gasteiger partial charge in [-0.05, 0) is 18.6 Å².